The molecule has 1 aliphatic rings. The molecule has 0 bridgehead atoms. The maximum atomic E-state index is 5.39. The van der Waals surface area contributed by atoms with E-state index in [1.165, 1.54) is 12.8 Å². The van der Waals surface area contributed by atoms with Gasteiger partial charge in [-0.1, -0.05) is 6.92 Å². The van der Waals surface area contributed by atoms with Crippen molar-refractivity contribution < 1.29 is 4.74 Å². The molecule has 1 heterocycles. The van der Waals surface area contributed by atoms with Gasteiger partial charge in [0.15, 0.2) is 0 Å². The van der Waals surface area contributed by atoms with Crippen LogP contribution in [0, 0.1) is 5.92 Å². The minimum Gasteiger partial charge on any atom is -0.378 e. The van der Waals surface area contributed by atoms with Crippen LogP contribution in [0.3, 0.4) is 0 Å². The molecule has 0 aromatic carbocycles. The second kappa shape index (κ2) is 2.49. The quantitative estimate of drug-likeness (QED) is 0.466. The summed E-state index contributed by atoms with van der Waals surface area (Å²) in [6.07, 6.45) is 3.11. The Morgan fingerprint density at radius 3 is 2.50 bits per heavy atom. The molecule has 1 rings (SSSR count). The molecule has 0 aromatic heterocycles. The zero-order valence-corrected chi connectivity index (χ0v) is 5.68. The van der Waals surface area contributed by atoms with E-state index in [9.17, 15) is 0 Å². The highest BCUT2D eigenvalue weighted by Crippen LogP contribution is 2.18. The minimum absolute atomic E-state index is 0.503. The molecule has 0 unspecified atom stereocenters. The van der Waals surface area contributed by atoms with Gasteiger partial charge < -0.3 is 4.74 Å². The largest absolute Gasteiger partial charge is 0.378 e. The third kappa shape index (κ3) is 1.22. The van der Waals surface area contributed by atoms with Crippen molar-refractivity contribution in [2.24, 2.45) is 5.92 Å². The minimum atomic E-state index is 0.503. The summed E-state index contributed by atoms with van der Waals surface area (Å²) in [5.74, 6) is 0.781. The summed E-state index contributed by atoms with van der Waals surface area (Å²) in [7, 11) is 0. The van der Waals surface area contributed by atoms with Crippen molar-refractivity contribution in [3.63, 3.8) is 0 Å². The van der Waals surface area contributed by atoms with Crippen LogP contribution < -0.4 is 0 Å². The van der Waals surface area contributed by atoms with Gasteiger partial charge in [-0.05, 0) is 25.7 Å². The normalized spacial score (nSPS) is 39.8. The molecule has 1 fully saturated rings. The number of rotatable bonds is 0. The summed E-state index contributed by atoms with van der Waals surface area (Å²) < 4.78 is 5.39. The molecule has 1 aliphatic heterocycles. The summed E-state index contributed by atoms with van der Waals surface area (Å²) in [6.45, 7) is 5.39. The molecule has 0 aromatic rings. The fourth-order valence-electron chi connectivity index (χ4n) is 1.07. The van der Waals surface area contributed by atoms with Crippen LogP contribution in [0.1, 0.15) is 26.7 Å². The van der Waals surface area contributed by atoms with Gasteiger partial charge in [-0.25, -0.2) is 0 Å². The van der Waals surface area contributed by atoms with Gasteiger partial charge in [-0.3, -0.25) is 0 Å². The third-order valence-corrected chi connectivity index (χ3v) is 1.99. The molecular weight excluding hydrogens is 100 g/mol. The van der Waals surface area contributed by atoms with Gasteiger partial charge in [-0.15, -0.1) is 0 Å². The molecule has 0 radical (unpaired) electrons. The molecule has 0 N–H and O–H groups in total. The maximum absolute atomic E-state index is 5.39. The third-order valence-electron chi connectivity index (χ3n) is 1.99. The van der Waals surface area contributed by atoms with Crippen LogP contribution in [0.25, 0.3) is 0 Å². The van der Waals surface area contributed by atoms with Crippen LogP contribution in [0.4, 0.5) is 0 Å². The van der Waals surface area contributed by atoms with E-state index < -0.39 is 0 Å². The molecule has 1 nitrogen and oxygen atoms in total. The average molecular weight is 114 g/mol. The van der Waals surface area contributed by atoms with Gasteiger partial charge in [0, 0.05) is 6.61 Å². The zero-order valence-electron chi connectivity index (χ0n) is 5.68. The molecule has 0 spiro atoms. The highest BCUT2D eigenvalue weighted by molar-refractivity contribution is 4.65. The fourth-order valence-corrected chi connectivity index (χ4v) is 1.07. The average Bonchev–Trinajstić information content (AvgIpc) is 1.77. The molecule has 0 aliphatic carbocycles. The first-order chi connectivity index (χ1) is 3.80. The van der Waals surface area contributed by atoms with Gasteiger partial charge >= 0.3 is 0 Å². The predicted molar refractivity (Wildman–Crippen MR) is 33.8 cm³/mol. The first-order valence-corrected chi connectivity index (χ1v) is 3.42. The topological polar surface area (TPSA) is 9.23 Å². The van der Waals surface area contributed by atoms with E-state index in [2.05, 4.69) is 13.8 Å². The highest BCUT2D eigenvalue weighted by atomic mass is 16.5. The van der Waals surface area contributed by atoms with E-state index in [4.69, 9.17) is 4.74 Å². The maximum Gasteiger partial charge on any atom is 0.0572 e. The fraction of sp³-hybridized carbons (Fsp3) is 1.00. The van der Waals surface area contributed by atoms with Crippen LogP contribution in [-0.2, 0) is 4.74 Å². The number of hydrogen-bond acceptors (Lipinski definition) is 1. The van der Waals surface area contributed by atoms with E-state index in [0.717, 1.165) is 12.5 Å². The van der Waals surface area contributed by atoms with Crippen molar-refractivity contribution in [3.8, 4) is 0 Å². The molecule has 48 valence electrons. The predicted octanol–water partition coefficient (Wildman–Crippen LogP) is 1.82. The van der Waals surface area contributed by atoms with Gasteiger partial charge in [0.25, 0.3) is 0 Å². The first-order valence-electron chi connectivity index (χ1n) is 3.42. The van der Waals surface area contributed by atoms with Crippen LogP contribution in [0.15, 0.2) is 0 Å². The van der Waals surface area contributed by atoms with Gasteiger partial charge in [-0.2, -0.15) is 0 Å². The Morgan fingerprint density at radius 1 is 1.38 bits per heavy atom. The van der Waals surface area contributed by atoms with Gasteiger partial charge in [0.2, 0.25) is 0 Å². The van der Waals surface area contributed by atoms with Crippen molar-refractivity contribution in [2.75, 3.05) is 6.61 Å². The van der Waals surface area contributed by atoms with E-state index in [0.29, 0.717) is 6.10 Å². The molecule has 0 amide bonds. The number of hydrogen-bond donors (Lipinski definition) is 0. The standard InChI is InChI=1S/C7H14O/c1-6-4-3-5-8-7(6)2/h6-7H,3-5H2,1-2H3/t6-,7+/m1/s1. The van der Waals surface area contributed by atoms with E-state index in [1.54, 1.807) is 0 Å². The zero-order chi connectivity index (χ0) is 5.98. The smallest absolute Gasteiger partial charge is 0.0572 e. The molecule has 1 saturated heterocycles. The van der Waals surface area contributed by atoms with Crippen molar-refractivity contribution >= 4 is 0 Å². The first kappa shape index (κ1) is 6.09. The Hall–Kier alpha value is -0.0400. The van der Waals surface area contributed by atoms with E-state index in [-0.39, 0.29) is 0 Å². The summed E-state index contributed by atoms with van der Waals surface area (Å²) in [5.41, 5.74) is 0. The number of ether oxygens (including phenoxy) is 1. The molecule has 2 atom stereocenters. The van der Waals surface area contributed by atoms with Crippen molar-refractivity contribution in [1.82, 2.24) is 0 Å². The second-order valence-corrected chi connectivity index (χ2v) is 2.70. The Bertz CT molecular complexity index is 60.8. The summed E-state index contributed by atoms with van der Waals surface area (Å²) in [6, 6.07) is 0. The Morgan fingerprint density at radius 2 is 2.12 bits per heavy atom. The van der Waals surface area contributed by atoms with E-state index in [1.807, 2.05) is 0 Å². The highest BCUT2D eigenvalue weighted by Gasteiger charge is 2.16. The van der Waals surface area contributed by atoms with Crippen molar-refractivity contribution in [1.29, 1.82) is 0 Å². The second-order valence-electron chi connectivity index (χ2n) is 2.70. The summed E-state index contributed by atoms with van der Waals surface area (Å²) in [5, 5.41) is 0. The monoisotopic (exact) mass is 114 g/mol. The molecule has 0 saturated carbocycles. The molecule has 8 heavy (non-hydrogen) atoms. The summed E-state index contributed by atoms with van der Waals surface area (Å²) in [4.78, 5) is 0. The lowest BCUT2D eigenvalue weighted by Crippen LogP contribution is -2.23. The lowest BCUT2D eigenvalue weighted by Gasteiger charge is -2.25. The Labute approximate surface area is 51.0 Å². The van der Waals surface area contributed by atoms with Crippen LogP contribution in [0.5, 0.6) is 0 Å². The van der Waals surface area contributed by atoms with Gasteiger partial charge in [0.05, 0.1) is 6.10 Å². The van der Waals surface area contributed by atoms with Crippen molar-refractivity contribution in [2.45, 2.75) is 32.8 Å². The van der Waals surface area contributed by atoms with E-state index >= 15 is 0 Å². The lowest BCUT2D eigenvalue weighted by molar-refractivity contribution is -0.00789. The Kier molecular flexibility index (Phi) is 1.90. The van der Waals surface area contributed by atoms with Gasteiger partial charge in [0.1, 0.15) is 0 Å². The van der Waals surface area contributed by atoms with Crippen LogP contribution >= 0.6 is 0 Å². The SMILES string of the molecule is C[C@@H]1CCCO[C@H]1C. The summed E-state index contributed by atoms with van der Waals surface area (Å²) >= 11 is 0. The molecule has 1 heteroatoms. The Balaban J connectivity index is 2.28. The van der Waals surface area contributed by atoms with Crippen LogP contribution in [-0.4, -0.2) is 12.7 Å². The van der Waals surface area contributed by atoms with Crippen LogP contribution in [0.2, 0.25) is 0 Å². The van der Waals surface area contributed by atoms with Crippen molar-refractivity contribution in [3.05, 3.63) is 0 Å². The molecular formula is C7H14O. The lowest BCUT2D eigenvalue weighted by atomic mass is 9.98.